The van der Waals surface area contributed by atoms with E-state index in [1.807, 2.05) is 18.2 Å². The Balaban J connectivity index is 1.34. The van der Waals surface area contributed by atoms with Crippen LogP contribution in [0, 0.1) is 0 Å². The molecule has 4 heterocycles. The van der Waals surface area contributed by atoms with Crippen molar-refractivity contribution in [2.45, 2.75) is 6.54 Å². The Morgan fingerprint density at radius 3 is 2.82 bits per heavy atom. The minimum atomic E-state index is -0.499. The number of fused-ring (bicyclic) bond motifs is 1. The van der Waals surface area contributed by atoms with Gasteiger partial charge in [-0.15, -0.1) is 15.3 Å². The molecule has 0 bridgehead atoms. The number of nitrogen functional groups attached to an aromatic ring is 1. The number of nitrogens with one attached hydrogen (secondary N) is 2. The molecule has 0 atom stereocenters. The second kappa shape index (κ2) is 9.08. The summed E-state index contributed by atoms with van der Waals surface area (Å²) in [6.07, 6.45) is 4.77. The van der Waals surface area contributed by atoms with Crippen LogP contribution in [0.1, 0.15) is 16.3 Å². The Morgan fingerprint density at radius 2 is 2.00 bits per heavy atom. The molecule has 0 radical (unpaired) electrons. The normalized spacial score (nSPS) is 10.9. The quantitative estimate of drug-likeness (QED) is 0.339. The number of hydrogen-bond acceptors (Lipinski definition) is 9. The van der Waals surface area contributed by atoms with E-state index in [-0.39, 0.29) is 18.1 Å². The highest BCUT2D eigenvalue weighted by Crippen LogP contribution is 2.20. The largest absolute Gasteiger partial charge is 0.382 e. The fourth-order valence-corrected chi connectivity index (χ4v) is 3.38. The first-order chi connectivity index (χ1) is 16.6. The van der Waals surface area contributed by atoms with Crippen molar-refractivity contribution in [1.29, 1.82) is 0 Å². The van der Waals surface area contributed by atoms with E-state index in [1.165, 1.54) is 10.7 Å². The Hall–Kier alpha value is -4.64. The molecule has 1 amide bonds. The summed E-state index contributed by atoms with van der Waals surface area (Å²) in [6, 6.07) is 14.4. The van der Waals surface area contributed by atoms with E-state index < -0.39 is 5.91 Å². The number of carbonyl (C=O) groups is 1. The smallest absolute Gasteiger partial charge is 0.274 e. The fraction of sp³-hybridized carbons (Fsp3) is 0.0455. The molecule has 0 aliphatic heterocycles. The zero-order valence-corrected chi connectivity index (χ0v) is 18.3. The molecule has 34 heavy (non-hydrogen) atoms. The third kappa shape index (κ3) is 4.45. The molecule has 5 rings (SSSR count). The van der Waals surface area contributed by atoms with E-state index in [9.17, 15) is 4.79 Å². The molecule has 0 aliphatic carbocycles. The van der Waals surface area contributed by atoms with Crippen molar-refractivity contribution in [2.75, 3.05) is 11.1 Å². The standard InChI is InChI=1S/C22H17ClN10O/c23-14-4-1-5-15(9-14)28-17-6-7-18-30-31-19(33(18)32-17)12-27-22(34)20-21(24)26-11-16(29-20)13-3-2-8-25-10-13/h1-11H,12H2,(H2,24,26)(H,27,34)(H,28,32). The summed E-state index contributed by atoms with van der Waals surface area (Å²) >= 11 is 6.04. The molecule has 11 nitrogen and oxygen atoms in total. The van der Waals surface area contributed by atoms with Gasteiger partial charge in [-0.1, -0.05) is 17.7 Å². The average Bonchev–Trinajstić information content (AvgIpc) is 3.25. The molecule has 168 valence electrons. The summed E-state index contributed by atoms with van der Waals surface area (Å²) in [5, 5.41) is 19.3. The number of nitrogens with zero attached hydrogens (tertiary/aromatic N) is 7. The molecule has 0 saturated heterocycles. The Morgan fingerprint density at radius 1 is 1.09 bits per heavy atom. The lowest BCUT2D eigenvalue weighted by atomic mass is 10.2. The van der Waals surface area contributed by atoms with Gasteiger partial charge >= 0.3 is 0 Å². The Kier molecular flexibility index (Phi) is 5.67. The summed E-state index contributed by atoms with van der Waals surface area (Å²) in [5.74, 6) is 0.498. The maximum atomic E-state index is 12.8. The predicted molar refractivity (Wildman–Crippen MR) is 126 cm³/mol. The third-order valence-corrected chi connectivity index (χ3v) is 5.04. The van der Waals surface area contributed by atoms with E-state index in [0.29, 0.717) is 28.0 Å². The molecule has 4 aromatic heterocycles. The lowest BCUT2D eigenvalue weighted by Crippen LogP contribution is -2.26. The summed E-state index contributed by atoms with van der Waals surface area (Å²) in [5.41, 5.74) is 8.42. The molecule has 0 aliphatic rings. The highest BCUT2D eigenvalue weighted by molar-refractivity contribution is 6.30. The molecule has 5 aromatic rings. The Bertz CT molecular complexity index is 1490. The number of benzene rings is 1. The highest BCUT2D eigenvalue weighted by atomic mass is 35.5. The monoisotopic (exact) mass is 472 g/mol. The fourth-order valence-electron chi connectivity index (χ4n) is 3.19. The second-order valence-corrected chi connectivity index (χ2v) is 7.59. The third-order valence-electron chi connectivity index (χ3n) is 4.80. The van der Waals surface area contributed by atoms with Crippen molar-refractivity contribution in [3.63, 3.8) is 0 Å². The molecule has 0 spiro atoms. The van der Waals surface area contributed by atoms with Crippen molar-refractivity contribution in [3.8, 4) is 11.3 Å². The number of amides is 1. The van der Waals surface area contributed by atoms with Gasteiger partial charge in [0.1, 0.15) is 0 Å². The number of carbonyl (C=O) groups excluding carboxylic acids is 1. The molecule has 1 aromatic carbocycles. The minimum Gasteiger partial charge on any atom is -0.382 e. The number of pyridine rings is 1. The van der Waals surface area contributed by atoms with Crippen molar-refractivity contribution in [2.24, 2.45) is 0 Å². The Labute approximate surface area is 198 Å². The van der Waals surface area contributed by atoms with Gasteiger partial charge in [-0.05, 0) is 42.5 Å². The van der Waals surface area contributed by atoms with Crippen LogP contribution in [0.2, 0.25) is 5.02 Å². The first-order valence-corrected chi connectivity index (χ1v) is 10.5. The number of rotatable bonds is 6. The first-order valence-electron chi connectivity index (χ1n) is 10.1. The van der Waals surface area contributed by atoms with Crippen LogP contribution in [0.15, 0.2) is 67.1 Å². The van der Waals surface area contributed by atoms with E-state index in [0.717, 1.165) is 11.3 Å². The molecule has 0 unspecified atom stereocenters. The lowest BCUT2D eigenvalue weighted by molar-refractivity contribution is 0.0945. The highest BCUT2D eigenvalue weighted by Gasteiger charge is 2.16. The van der Waals surface area contributed by atoms with E-state index in [4.69, 9.17) is 17.3 Å². The van der Waals surface area contributed by atoms with Crippen LogP contribution in [-0.2, 0) is 6.54 Å². The summed E-state index contributed by atoms with van der Waals surface area (Å²) < 4.78 is 1.54. The summed E-state index contributed by atoms with van der Waals surface area (Å²) in [7, 11) is 0. The number of nitrogens with two attached hydrogens (primary N) is 1. The van der Waals surface area contributed by atoms with Crippen LogP contribution in [-0.4, -0.2) is 40.7 Å². The van der Waals surface area contributed by atoms with Gasteiger partial charge in [0.25, 0.3) is 5.91 Å². The van der Waals surface area contributed by atoms with Gasteiger partial charge in [-0.2, -0.15) is 4.52 Å². The number of anilines is 3. The molecular weight excluding hydrogens is 456 g/mol. The number of hydrogen-bond donors (Lipinski definition) is 3. The summed E-state index contributed by atoms with van der Waals surface area (Å²) in [4.78, 5) is 25.3. The van der Waals surface area contributed by atoms with Gasteiger partial charge in [0.2, 0.25) is 0 Å². The van der Waals surface area contributed by atoms with Gasteiger partial charge in [-0.3, -0.25) is 9.78 Å². The summed E-state index contributed by atoms with van der Waals surface area (Å²) in [6.45, 7) is 0.0475. The van der Waals surface area contributed by atoms with Gasteiger partial charge in [0, 0.05) is 28.7 Å². The van der Waals surface area contributed by atoms with Crippen molar-refractivity contribution < 1.29 is 4.79 Å². The topological polar surface area (TPSA) is 149 Å². The van der Waals surface area contributed by atoms with Gasteiger partial charge in [0.15, 0.2) is 28.8 Å². The van der Waals surface area contributed by atoms with Crippen molar-refractivity contribution in [3.05, 3.63) is 83.7 Å². The predicted octanol–water partition coefficient (Wildman–Crippen LogP) is 2.89. The second-order valence-electron chi connectivity index (χ2n) is 7.15. The average molecular weight is 473 g/mol. The number of halogens is 1. The molecule has 0 fully saturated rings. The van der Waals surface area contributed by atoms with E-state index in [2.05, 4.69) is 40.9 Å². The molecule has 4 N–H and O–H groups in total. The van der Waals surface area contributed by atoms with E-state index >= 15 is 0 Å². The minimum absolute atomic E-state index is 0.00597. The SMILES string of the molecule is Nc1ncc(-c2cccnc2)nc1C(=O)NCc1nnc2ccc(Nc3cccc(Cl)c3)nn12. The number of aromatic nitrogens is 7. The molecule has 0 saturated carbocycles. The van der Waals surface area contributed by atoms with Crippen molar-refractivity contribution in [1.82, 2.24) is 40.1 Å². The lowest BCUT2D eigenvalue weighted by Gasteiger charge is -2.08. The van der Waals surface area contributed by atoms with Gasteiger partial charge < -0.3 is 16.4 Å². The van der Waals surface area contributed by atoms with Crippen LogP contribution in [0.3, 0.4) is 0 Å². The molecular formula is C22H17ClN10O. The molecule has 12 heteroatoms. The maximum Gasteiger partial charge on any atom is 0.274 e. The van der Waals surface area contributed by atoms with Crippen LogP contribution < -0.4 is 16.4 Å². The van der Waals surface area contributed by atoms with Crippen LogP contribution in [0.5, 0.6) is 0 Å². The van der Waals surface area contributed by atoms with E-state index in [1.54, 1.807) is 42.7 Å². The zero-order chi connectivity index (χ0) is 23.5. The first kappa shape index (κ1) is 21.2. The zero-order valence-electron chi connectivity index (χ0n) is 17.6. The van der Waals surface area contributed by atoms with Crippen molar-refractivity contribution >= 4 is 40.5 Å². The van der Waals surface area contributed by atoms with Crippen LogP contribution in [0.4, 0.5) is 17.3 Å². The van der Waals surface area contributed by atoms with Gasteiger partial charge in [-0.25, -0.2) is 9.97 Å². The van der Waals surface area contributed by atoms with Gasteiger partial charge in [0.05, 0.1) is 18.4 Å². The van der Waals surface area contributed by atoms with Crippen LogP contribution >= 0.6 is 11.6 Å². The van der Waals surface area contributed by atoms with Crippen LogP contribution in [0.25, 0.3) is 16.9 Å². The maximum absolute atomic E-state index is 12.8.